The minimum atomic E-state index is -0.963. The van der Waals surface area contributed by atoms with Gasteiger partial charge in [0.25, 0.3) is 0 Å². The number of Topliss-reactive ketones (excluding diaryl/α,β-unsaturated/α-hetero) is 1. The van der Waals surface area contributed by atoms with E-state index in [-0.39, 0.29) is 12.3 Å². The summed E-state index contributed by atoms with van der Waals surface area (Å²) in [4.78, 5) is 12.7. The van der Waals surface area contributed by atoms with Gasteiger partial charge in [0, 0.05) is 17.0 Å². The van der Waals surface area contributed by atoms with Crippen molar-refractivity contribution < 1.29 is 9.90 Å². The zero-order valence-corrected chi connectivity index (χ0v) is 9.67. The van der Waals surface area contributed by atoms with Gasteiger partial charge in [0.1, 0.15) is 6.10 Å². The molecule has 0 aliphatic carbocycles. The molecule has 0 spiro atoms. The number of benzene rings is 1. The number of hydrogen-bond donors (Lipinski definition) is 2. The summed E-state index contributed by atoms with van der Waals surface area (Å²) in [6, 6.07) is 7.24. The molecule has 1 unspecified atom stereocenters. The smallest absolute Gasteiger partial charge is 0.192 e. The molecule has 82 valence electrons. The van der Waals surface area contributed by atoms with Crippen molar-refractivity contribution in [2.45, 2.75) is 11.0 Å². The van der Waals surface area contributed by atoms with Crippen LogP contribution in [-0.4, -0.2) is 36.8 Å². The van der Waals surface area contributed by atoms with Crippen molar-refractivity contribution in [2.24, 2.45) is 0 Å². The number of hydrogen-bond acceptors (Lipinski definition) is 4. The molecular formula is C11H15NO2S. The Hall–Kier alpha value is -0.840. The first-order valence-corrected chi connectivity index (χ1v) is 5.92. The molecule has 0 aromatic heterocycles. The maximum absolute atomic E-state index is 11.6. The molecule has 0 radical (unpaired) electrons. The van der Waals surface area contributed by atoms with Crippen molar-refractivity contribution in [3.63, 3.8) is 0 Å². The van der Waals surface area contributed by atoms with E-state index in [2.05, 4.69) is 5.32 Å². The first kappa shape index (κ1) is 12.2. The summed E-state index contributed by atoms with van der Waals surface area (Å²) in [6.45, 7) is 0.281. The molecule has 15 heavy (non-hydrogen) atoms. The maximum atomic E-state index is 11.6. The third-order valence-electron chi connectivity index (χ3n) is 2.07. The van der Waals surface area contributed by atoms with Gasteiger partial charge in [-0.05, 0) is 25.4 Å². The summed E-state index contributed by atoms with van der Waals surface area (Å²) >= 11 is 1.62. The number of aliphatic hydroxyl groups is 1. The second kappa shape index (κ2) is 5.90. The van der Waals surface area contributed by atoms with Crippen LogP contribution in [-0.2, 0) is 0 Å². The second-order valence-electron chi connectivity index (χ2n) is 3.17. The molecule has 0 aliphatic rings. The van der Waals surface area contributed by atoms with Crippen LogP contribution in [0.4, 0.5) is 0 Å². The normalized spacial score (nSPS) is 12.5. The minimum absolute atomic E-state index is 0.239. The van der Waals surface area contributed by atoms with E-state index in [1.54, 1.807) is 30.9 Å². The quantitative estimate of drug-likeness (QED) is 0.583. The summed E-state index contributed by atoms with van der Waals surface area (Å²) in [5.41, 5.74) is 0.551. The molecular weight excluding hydrogens is 210 g/mol. The van der Waals surface area contributed by atoms with Gasteiger partial charge in [-0.15, -0.1) is 11.8 Å². The molecule has 2 N–H and O–H groups in total. The molecule has 0 aliphatic heterocycles. The molecule has 0 fully saturated rings. The largest absolute Gasteiger partial charge is 0.384 e. The predicted octanol–water partition coefficient (Wildman–Crippen LogP) is 1.17. The van der Waals surface area contributed by atoms with E-state index >= 15 is 0 Å². The number of nitrogens with one attached hydrogen (secondary N) is 1. The summed E-state index contributed by atoms with van der Waals surface area (Å²) in [5.74, 6) is -0.239. The lowest BCUT2D eigenvalue weighted by Crippen LogP contribution is -2.31. The summed E-state index contributed by atoms with van der Waals surface area (Å²) in [7, 11) is 1.70. The Bertz CT molecular complexity index is 324. The van der Waals surface area contributed by atoms with E-state index in [1.165, 1.54) is 0 Å². The number of aliphatic hydroxyl groups excluding tert-OH is 1. The highest BCUT2D eigenvalue weighted by Gasteiger charge is 2.15. The fraction of sp³-hybridized carbons (Fsp3) is 0.364. The molecule has 1 rings (SSSR count). The second-order valence-corrected chi connectivity index (χ2v) is 4.05. The Morgan fingerprint density at radius 3 is 2.53 bits per heavy atom. The Labute approximate surface area is 93.9 Å². The summed E-state index contributed by atoms with van der Waals surface area (Å²) in [5, 5.41) is 12.2. The fourth-order valence-electron chi connectivity index (χ4n) is 1.23. The molecule has 0 saturated carbocycles. The van der Waals surface area contributed by atoms with Crippen LogP contribution in [0.2, 0.25) is 0 Å². The highest BCUT2D eigenvalue weighted by molar-refractivity contribution is 7.98. The Kier molecular flexibility index (Phi) is 4.81. The first-order chi connectivity index (χ1) is 7.19. The van der Waals surface area contributed by atoms with Crippen molar-refractivity contribution in [1.82, 2.24) is 5.32 Å². The Morgan fingerprint density at radius 2 is 2.07 bits per heavy atom. The van der Waals surface area contributed by atoms with Crippen LogP contribution in [0, 0.1) is 0 Å². The highest BCUT2D eigenvalue weighted by Crippen LogP contribution is 2.15. The number of thioether (sulfide) groups is 1. The van der Waals surface area contributed by atoms with Gasteiger partial charge in [-0.1, -0.05) is 12.1 Å². The zero-order valence-electron chi connectivity index (χ0n) is 8.86. The Balaban J connectivity index is 2.73. The van der Waals surface area contributed by atoms with E-state index in [1.807, 2.05) is 18.4 Å². The molecule has 1 aromatic carbocycles. The minimum Gasteiger partial charge on any atom is -0.384 e. The lowest BCUT2D eigenvalue weighted by molar-refractivity contribution is 0.0750. The van der Waals surface area contributed by atoms with Crippen LogP contribution >= 0.6 is 11.8 Å². The molecule has 0 amide bonds. The molecule has 4 heteroatoms. The lowest BCUT2D eigenvalue weighted by Gasteiger charge is -2.08. The molecule has 3 nitrogen and oxygen atoms in total. The molecule has 1 atom stereocenters. The third kappa shape index (κ3) is 3.34. The predicted molar refractivity (Wildman–Crippen MR) is 62.5 cm³/mol. The number of carbonyl (C=O) groups excluding carboxylic acids is 1. The van der Waals surface area contributed by atoms with Gasteiger partial charge < -0.3 is 10.4 Å². The van der Waals surface area contributed by atoms with E-state index in [4.69, 9.17) is 0 Å². The Morgan fingerprint density at radius 1 is 1.47 bits per heavy atom. The van der Waals surface area contributed by atoms with Gasteiger partial charge in [-0.2, -0.15) is 0 Å². The van der Waals surface area contributed by atoms with Crippen LogP contribution in [0.1, 0.15) is 10.4 Å². The van der Waals surface area contributed by atoms with Crippen molar-refractivity contribution in [2.75, 3.05) is 19.8 Å². The van der Waals surface area contributed by atoms with Crippen LogP contribution < -0.4 is 5.32 Å². The third-order valence-corrected chi connectivity index (χ3v) is 2.82. The zero-order chi connectivity index (χ0) is 11.3. The van der Waals surface area contributed by atoms with Gasteiger partial charge in [-0.25, -0.2) is 0 Å². The number of likely N-dealkylation sites (N-methyl/N-ethyl adjacent to an activating group) is 1. The van der Waals surface area contributed by atoms with Gasteiger partial charge in [0.05, 0.1) is 0 Å². The van der Waals surface area contributed by atoms with Crippen LogP contribution in [0.3, 0.4) is 0 Å². The highest BCUT2D eigenvalue weighted by atomic mass is 32.2. The summed E-state index contributed by atoms with van der Waals surface area (Å²) in [6.07, 6.45) is 1.02. The monoisotopic (exact) mass is 225 g/mol. The standard InChI is InChI=1S/C11H15NO2S/c1-12-7-10(13)11(14)8-3-5-9(15-2)6-4-8/h3-6,10,12-13H,7H2,1-2H3. The number of carbonyl (C=O) groups is 1. The van der Waals surface area contributed by atoms with E-state index in [0.29, 0.717) is 5.56 Å². The average Bonchev–Trinajstić information content (AvgIpc) is 2.28. The van der Waals surface area contributed by atoms with E-state index in [9.17, 15) is 9.90 Å². The molecule has 0 heterocycles. The summed E-state index contributed by atoms with van der Waals surface area (Å²) < 4.78 is 0. The maximum Gasteiger partial charge on any atom is 0.192 e. The molecule has 1 aromatic rings. The van der Waals surface area contributed by atoms with Gasteiger partial charge in [0.2, 0.25) is 0 Å². The first-order valence-electron chi connectivity index (χ1n) is 4.70. The van der Waals surface area contributed by atoms with Crippen molar-refractivity contribution in [3.8, 4) is 0 Å². The van der Waals surface area contributed by atoms with E-state index in [0.717, 1.165) is 4.90 Å². The van der Waals surface area contributed by atoms with Crippen LogP contribution in [0.25, 0.3) is 0 Å². The van der Waals surface area contributed by atoms with Crippen LogP contribution in [0.15, 0.2) is 29.2 Å². The lowest BCUT2D eigenvalue weighted by atomic mass is 10.1. The average molecular weight is 225 g/mol. The SMILES string of the molecule is CNCC(O)C(=O)c1ccc(SC)cc1. The van der Waals surface area contributed by atoms with Gasteiger partial charge in [0.15, 0.2) is 5.78 Å². The van der Waals surface area contributed by atoms with Gasteiger partial charge >= 0.3 is 0 Å². The van der Waals surface area contributed by atoms with Crippen molar-refractivity contribution in [3.05, 3.63) is 29.8 Å². The fourth-order valence-corrected chi connectivity index (χ4v) is 1.64. The van der Waals surface area contributed by atoms with E-state index < -0.39 is 6.10 Å². The van der Waals surface area contributed by atoms with Crippen molar-refractivity contribution in [1.29, 1.82) is 0 Å². The number of ketones is 1. The topological polar surface area (TPSA) is 49.3 Å². The molecule has 0 bridgehead atoms. The van der Waals surface area contributed by atoms with Crippen molar-refractivity contribution >= 4 is 17.5 Å². The van der Waals surface area contributed by atoms with Crippen LogP contribution in [0.5, 0.6) is 0 Å². The van der Waals surface area contributed by atoms with Gasteiger partial charge in [-0.3, -0.25) is 4.79 Å². The number of rotatable bonds is 5. The molecule has 0 saturated heterocycles.